The second kappa shape index (κ2) is 7.39. The number of anilines is 1. The summed E-state index contributed by atoms with van der Waals surface area (Å²) in [7, 11) is 0. The molecule has 3 aromatic rings. The van der Waals surface area contributed by atoms with Crippen LogP contribution in [0.15, 0.2) is 60.9 Å². The van der Waals surface area contributed by atoms with Gasteiger partial charge in [0.15, 0.2) is 0 Å². The van der Waals surface area contributed by atoms with E-state index in [1.54, 1.807) is 42.7 Å². The van der Waals surface area contributed by atoms with Gasteiger partial charge in [0, 0.05) is 21.7 Å². The van der Waals surface area contributed by atoms with Crippen molar-refractivity contribution in [1.82, 2.24) is 9.97 Å². The maximum Gasteiger partial charge on any atom is 0.321 e. The van der Waals surface area contributed by atoms with Crippen molar-refractivity contribution in [3.05, 3.63) is 75.6 Å². The molecule has 0 unspecified atom stereocenters. The second-order valence-electron chi connectivity index (χ2n) is 5.05. The van der Waals surface area contributed by atoms with Gasteiger partial charge in [0.05, 0.1) is 5.56 Å². The van der Waals surface area contributed by atoms with E-state index in [4.69, 9.17) is 4.74 Å². The number of rotatable bonds is 4. The molecule has 6 heteroatoms. The highest BCUT2D eigenvalue weighted by atomic mass is 127. The van der Waals surface area contributed by atoms with Crippen molar-refractivity contribution in [2.24, 2.45) is 0 Å². The number of hydrogen-bond acceptors (Lipinski definition) is 4. The summed E-state index contributed by atoms with van der Waals surface area (Å²) in [5, 5.41) is 2.89. The number of hydrogen-bond donors (Lipinski definition) is 1. The Hall–Kier alpha value is -2.48. The Labute approximate surface area is 153 Å². The van der Waals surface area contributed by atoms with Crippen LogP contribution >= 0.6 is 22.6 Å². The van der Waals surface area contributed by atoms with Crippen LogP contribution < -0.4 is 10.1 Å². The molecule has 1 heterocycles. The van der Waals surface area contributed by atoms with Crippen LogP contribution in [0.4, 0.5) is 5.69 Å². The fourth-order valence-corrected chi connectivity index (χ4v) is 2.68. The minimum Gasteiger partial charge on any atom is -0.424 e. The van der Waals surface area contributed by atoms with Crippen molar-refractivity contribution >= 4 is 34.2 Å². The first-order valence-corrected chi connectivity index (χ1v) is 8.33. The molecule has 2 aromatic carbocycles. The van der Waals surface area contributed by atoms with E-state index < -0.39 is 0 Å². The van der Waals surface area contributed by atoms with Crippen LogP contribution in [0.1, 0.15) is 15.9 Å². The maximum absolute atomic E-state index is 12.4. The van der Waals surface area contributed by atoms with Crippen LogP contribution in [-0.2, 0) is 0 Å². The van der Waals surface area contributed by atoms with Gasteiger partial charge in [-0.15, -0.1) is 0 Å². The first kappa shape index (κ1) is 16.4. The fourth-order valence-electron chi connectivity index (χ4n) is 2.07. The van der Waals surface area contributed by atoms with Crippen LogP contribution in [0.3, 0.4) is 0 Å². The first-order chi connectivity index (χ1) is 11.6. The predicted molar refractivity (Wildman–Crippen MR) is 100 cm³/mol. The lowest BCUT2D eigenvalue weighted by atomic mass is 10.1. The normalized spacial score (nSPS) is 10.2. The van der Waals surface area contributed by atoms with E-state index in [9.17, 15) is 4.79 Å². The molecule has 0 radical (unpaired) electrons. The Morgan fingerprint density at radius 3 is 2.46 bits per heavy atom. The molecule has 3 rings (SSSR count). The van der Waals surface area contributed by atoms with E-state index in [1.807, 2.05) is 25.1 Å². The molecule has 0 aliphatic carbocycles. The number of nitrogens with one attached hydrogen (secondary N) is 1. The highest BCUT2D eigenvalue weighted by molar-refractivity contribution is 14.1. The number of aromatic nitrogens is 2. The Bertz CT molecular complexity index is 852. The van der Waals surface area contributed by atoms with E-state index in [1.165, 1.54) is 0 Å². The van der Waals surface area contributed by atoms with Crippen LogP contribution in [0.5, 0.6) is 11.8 Å². The van der Waals surface area contributed by atoms with E-state index in [0.717, 1.165) is 9.13 Å². The Balaban J connectivity index is 1.70. The van der Waals surface area contributed by atoms with E-state index in [-0.39, 0.29) is 11.9 Å². The summed E-state index contributed by atoms with van der Waals surface area (Å²) in [5.74, 6) is 0.465. The van der Waals surface area contributed by atoms with Gasteiger partial charge < -0.3 is 10.1 Å². The third kappa shape index (κ3) is 3.88. The summed E-state index contributed by atoms with van der Waals surface area (Å²) < 4.78 is 6.47. The fraction of sp³-hybridized carbons (Fsp3) is 0.0556. The van der Waals surface area contributed by atoms with E-state index >= 15 is 0 Å². The van der Waals surface area contributed by atoms with Crippen LogP contribution in [0.2, 0.25) is 0 Å². The average Bonchev–Trinajstić information content (AvgIpc) is 2.60. The summed E-state index contributed by atoms with van der Waals surface area (Å²) in [5.41, 5.74) is 2.43. The van der Waals surface area contributed by atoms with Crippen molar-refractivity contribution in [2.75, 3.05) is 5.32 Å². The summed E-state index contributed by atoms with van der Waals surface area (Å²) >= 11 is 2.19. The number of aryl methyl sites for hydroxylation is 1. The molecule has 0 fully saturated rings. The van der Waals surface area contributed by atoms with Crippen molar-refractivity contribution in [3.8, 4) is 11.8 Å². The first-order valence-electron chi connectivity index (χ1n) is 7.25. The maximum atomic E-state index is 12.4. The molecule has 0 aliphatic rings. The minimum atomic E-state index is -0.136. The van der Waals surface area contributed by atoms with Crippen molar-refractivity contribution in [1.29, 1.82) is 0 Å². The van der Waals surface area contributed by atoms with Gasteiger partial charge in [-0.3, -0.25) is 4.79 Å². The van der Waals surface area contributed by atoms with E-state index in [2.05, 4.69) is 37.9 Å². The molecule has 1 amide bonds. The molecular formula is C18H14IN3O2. The van der Waals surface area contributed by atoms with Crippen molar-refractivity contribution in [2.45, 2.75) is 6.92 Å². The molecule has 0 atom stereocenters. The summed E-state index contributed by atoms with van der Waals surface area (Å²) in [4.78, 5) is 20.4. The standard InChI is InChI=1S/C18H14IN3O2/c1-12-4-2-5-15(16(12)19)17(23)22-13-6-8-14(9-7-13)24-18-20-10-3-11-21-18/h2-11H,1H3,(H,22,23). The molecule has 5 nitrogen and oxygen atoms in total. The molecule has 0 bridgehead atoms. The van der Waals surface area contributed by atoms with Crippen molar-refractivity contribution < 1.29 is 9.53 Å². The Morgan fingerprint density at radius 1 is 1.04 bits per heavy atom. The minimum absolute atomic E-state index is 0.136. The molecule has 1 N–H and O–H groups in total. The smallest absolute Gasteiger partial charge is 0.321 e. The number of carbonyl (C=O) groups is 1. The zero-order chi connectivity index (χ0) is 16.9. The third-order valence-corrected chi connectivity index (χ3v) is 4.73. The molecular weight excluding hydrogens is 417 g/mol. The van der Waals surface area contributed by atoms with Gasteiger partial charge in [0.2, 0.25) is 0 Å². The largest absolute Gasteiger partial charge is 0.424 e. The summed E-state index contributed by atoms with van der Waals surface area (Å²) in [6, 6.07) is 14.7. The molecule has 24 heavy (non-hydrogen) atoms. The molecule has 0 saturated heterocycles. The number of amides is 1. The molecule has 0 aliphatic heterocycles. The van der Waals surface area contributed by atoms with Gasteiger partial charge >= 0.3 is 6.01 Å². The summed E-state index contributed by atoms with van der Waals surface area (Å²) in [6.07, 6.45) is 3.22. The SMILES string of the molecule is Cc1cccc(C(=O)Nc2ccc(Oc3ncccn3)cc2)c1I. The average molecular weight is 431 g/mol. The molecule has 120 valence electrons. The number of nitrogens with zero attached hydrogens (tertiary/aromatic N) is 2. The van der Waals surface area contributed by atoms with Gasteiger partial charge in [-0.2, -0.15) is 0 Å². The highest BCUT2D eigenvalue weighted by Crippen LogP contribution is 2.22. The van der Waals surface area contributed by atoms with Crippen LogP contribution in [0, 0.1) is 10.5 Å². The quantitative estimate of drug-likeness (QED) is 0.621. The zero-order valence-corrected chi connectivity index (χ0v) is 15.0. The van der Waals surface area contributed by atoms with Crippen molar-refractivity contribution in [3.63, 3.8) is 0 Å². The van der Waals surface area contributed by atoms with Gasteiger partial charge in [-0.1, -0.05) is 12.1 Å². The second-order valence-corrected chi connectivity index (χ2v) is 6.13. The van der Waals surface area contributed by atoms with Gasteiger partial charge in [0.25, 0.3) is 5.91 Å². The van der Waals surface area contributed by atoms with E-state index in [0.29, 0.717) is 17.0 Å². The third-order valence-electron chi connectivity index (χ3n) is 3.30. The number of ether oxygens (including phenoxy) is 1. The number of benzene rings is 2. The molecule has 0 saturated carbocycles. The lowest BCUT2D eigenvalue weighted by Gasteiger charge is -2.09. The highest BCUT2D eigenvalue weighted by Gasteiger charge is 2.11. The number of carbonyl (C=O) groups excluding carboxylic acids is 1. The predicted octanol–water partition coefficient (Wildman–Crippen LogP) is 4.43. The molecule has 1 aromatic heterocycles. The molecule has 0 spiro atoms. The zero-order valence-electron chi connectivity index (χ0n) is 12.9. The van der Waals surface area contributed by atoms with Crippen LogP contribution in [0.25, 0.3) is 0 Å². The van der Waals surface area contributed by atoms with Gasteiger partial charge in [-0.25, -0.2) is 9.97 Å². The Kier molecular flexibility index (Phi) is 5.05. The summed E-state index contributed by atoms with van der Waals surface area (Å²) in [6.45, 7) is 1.98. The van der Waals surface area contributed by atoms with Gasteiger partial charge in [-0.05, 0) is 71.5 Å². The lowest BCUT2D eigenvalue weighted by Crippen LogP contribution is -2.13. The number of halogens is 1. The topological polar surface area (TPSA) is 64.1 Å². The Morgan fingerprint density at radius 2 is 1.75 bits per heavy atom. The monoisotopic (exact) mass is 431 g/mol. The lowest BCUT2D eigenvalue weighted by molar-refractivity contribution is 0.102. The van der Waals surface area contributed by atoms with Gasteiger partial charge in [0.1, 0.15) is 5.75 Å². The van der Waals surface area contributed by atoms with Crippen LogP contribution in [-0.4, -0.2) is 15.9 Å².